The van der Waals surface area contributed by atoms with E-state index < -0.39 is 30.5 Å². The molecule has 4 aromatic rings. The Balaban J connectivity index is 0.000000295. The van der Waals surface area contributed by atoms with E-state index in [9.17, 15) is 9.59 Å². The van der Waals surface area contributed by atoms with Crippen LogP contribution in [0.2, 0.25) is 0 Å². The quantitative estimate of drug-likeness (QED) is 0.283. The van der Waals surface area contributed by atoms with Crippen molar-refractivity contribution in [1.29, 1.82) is 0 Å². The second-order valence-electron chi connectivity index (χ2n) is 11.3. The van der Waals surface area contributed by atoms with E-state index in [0.29, 0.717) is 34.3 Å². The van der Waals surface area contributed by atoms with Gasteiger partial charge in [-0.15, -0.1) is 20.4 Å². The molecule has 43 heavy (non-hydrogen) atoms. The average Bonchev–Trinajstić information content (AvgIpc) is 3.45. The largest absolute Gasteiger partial charge is 0.488 e. The molecule has 0 amide bonds. The van der Waals surface area contributed by atoms with Gasteiger partial charge in [-0.1, -0.05) is 59.8 Å². The molecule has 0 saturated heterocycles. The second kappa shape index (κ2) is 14.1. The van der Waals surface area contributed by atoms with Crippen LogP contribution < -0.4 is 5.46 Å². The molecule has 2 aromatic heterocycles. The summed E-state index contributed by atoms with van der Waals surface area (Å²) in [5, 5.41) is 34.2. The molecule has 0 aliphatic rings. The minimum Gasteiger partial charge on any atom is -0.443 e. The smallest absolute Gasteiger partial charge is 0.443 e. The number of halogens is 1. The lowest BCUT2D eigenvalue weighted by atomic mass is 9.80. The molecule has 0 unspecified atom stereocenters. The van der Waals surface area contributed by atoms with Gasteiger partial charge in [-0.2, -0.15) is 0 Å². The van der Waals surface area contributed by atoms with Crippen LogP contribution in [0.4, 0.5) is 9.59 Å². The predicted octanol–water partition coefficient (Wildman–Crippen LogP) is 5.15. The van der Waals surface area contributed by atoms with Crippen LogP contribution in [-0.2, 0) is 9.47 Å². The standard InChI is InChI=1S/C14H18BN3O4.C14H16BrN3O2.CH4/c1-9-16-17-12(18(9)13(19)22-14(2,3)4)10-5-7-11(8-6-10)15(20)21;1-9-16-17-12(10-5-7-11(15)8-6-10)18(9)13(19)20-14(2,3)4;/h5-8,20-21H,1-4H3;5-8H,1-4H3;1H4. The van der Waals surface area contributed by atoms with Gasteiger partial charge in [0.15, 0.2) is 11.6 Å². The summed E-state index contributed by atoms with van der Waals surface area (Å²) in [5.74, 6) is 1.72. The number of aromatic nitrogens is 6. The molecule has 14 heteroatoms. The minimum atomic E-state index is -1.54. The third-order valence-electron chi connectivity index (χ3n) is 5.37. The van der Waals surface area contributed by atoms with Crippen LogP contribution in [0.15, 0.2) is 53.0 Å². The Kier molecular flexibility index (Phi) is 11.6. The maximum atomic E-state index is 12.3. The van der Waals surface area contributed by atoms with Gasteiger partial charge in [0.1, 0.15) is 22.9 Å². The van der Waals surface area contributed by atoms with Crippen molar-refractivity contribution >= 4 is 40.7 Å². The number of benzene rings is 2. The summed E-state index contributed by atoms with van der Waals surface area (Å²) in [4.78, 5) is 24.5. The van der Waals surface area contributed by atoms with Crippen LogP contribution in [0.5, 0.6) is 0 Å². The molecule has 230 valence electrons. The van der Waals surface area contributed by atoms with Gasteiger partial charge in [0, 0.05) is 15.6 Å². The molecule has 2 aromatic carbocycles. The molecular formula is C29H38BBrN6O6. The highest BCUT2D eigenvalue weighted by Gasteiger charge is 2.25. The summed E-state index contributed by atoms with van der Waals surface area (Å²) in [7, 11) is -1.54. The highest BCUT2D eigenvalue weighted by atomic mass is 79.9. The highest BCUT2D eigenvalue weighted by Crippen LogP contribution is 2.23. The summed E-state index contributed by atoms with van der Waals surface area (Å²) >= 11 is 3.38. The van der Waals surface area contributed by atoms with Crippen molar-refractivity contribution < 1.29 is 29.1 Å². The van der Waals surface area contributed by atoms with Crippen molar-refractivity contribution in [2.75, 3.05) is 0 Å². The summed E-state index contributed by atoms with van der Waals surface area (Å²) in [6, 6.07) is 13.9. The summed E-state index contributed by atoms with van der Waals surface area (Å²) in [6.45, 7) is 14.2. The summed E-state index contributed by atoms with van der Waals surface area (Å²) < 4.78 is 14.4. The number of carbonyl (C=O) groups excluding carboxylic acids is 2. The maximum absolute atomic E-state index is 12.3. The van der Waals surface area contributed by atoms with E-state index in [1.165, 1.54) is 9.13 Å². The lowest BCUT2D eigenvalue weighted by Gasteiger charge is -2.20. The number of aryl methyl sites for hydroxylation is 2. The maximum Gasteiger partial charge on any atom is 0.488 e. The van der Waals surface area contributed by atoms with E-state index in [0.717, 1.165) is 10.0 Å². The lowest BCUT2D eigenvalue weighted by molar-refractivity contribution is 0.0524. The minimum absolute atomic E-state index is 0. The molecule has 12 nitrogen and oxygen atoms in total. The molecule has 0 bridgehead atoms. The Morgan fingerprint density at radius 3 is 1.37 bits per heavy atom. The third kappa shape index (κ3) is 9.56. The first kappa shape index (κ1) is 35.3. The Bertz CT molecular complexity index is 1540. The molecular weight excluding hydrogens is 619 g/mol. The average molecular weight is 657 g/mol. The van der Waals surface area contributed by atoms with Gasteiger partial charge < -0.3 is 19.5 Å². The molecule has 0 saturated carbocycles. The molecule has 0 atom stereocenters. The molecule has 2 heterocycles. The Morgan fingerprint density at radius 2 is 1.05 bits per heavy atom. The van der Waals surface area contributed by atoms with Crippen LogP contribution in [0, 0.1) is 13.8 Å². The van der Waals surface area contributed by atoms with Gasteiger partial charge in [0.05, 0.1) is 0 Å². The number of carbonyl (C=O) groups is 2. The van der Waals surface area contributed by atoms with Crippen LogP contribution >= 0.6 is 15.9 Å². The van der Waals surface area contributed by atoms with Crippen molar-refractivity contribution in [3.8, 4) is 22.8 Å². The van der Waals surface area contributed by atoms with Crippen molar-refractivity contribution in [3.63, 3.8) is 0 Å². The monoisotopic (exact) mass is 656 g/mol. The molecule has 0 radical (unpaired) electrons. The van der Waals surface area contributed by atoms with Gasteiger partial charge in [-0.25, -0.2) is 18.7 Å². The fraction of sp³-hybridized carbons (Fsp3) is 0.379. The highest BCUT2D eigenvalue weighted by molar-refractivity contribution is 9.10. The van der Waals surface area contributed by atoms with E-state index in [-0.39, 0.29) is 7.43 Å². The molecule has 0 spiro atoms. The van der Waals surface area contributed by atoms with E-state index in [2.05, 4.69) is 36.3 Å². The fourth-order valence-corrected chi connectivity index (χ4v) is 3.82. The summed E-state index contributed by atoms with van der Waals surface area (Å²) in [6.07, 6.45) is -1.03. The normalized spacial score (nSPS) is 11.1. The molecule has 0 aliphatic carbocycles. The van der Waals surface area contributed by atoms with Gasteiger partial charge in [-0.05, 0) is 73.0 Å². The zero-order valence-corrected chi connectivity index (χ0v) is 26.4. The van der Waals surface area contributed by atoms with Crippen molar-refractivity contribution in [3.05, 3.63) is 64.7 Å². The van der Waals surface area contributed by atoms with E-state index >= 15 is 0 Å². The first-order chi connectivity index (χ1) is 19.5. The molecule has 4 rings (SSSR count). The fourth-order valence-electron chi connectivity index (χ4n) is 3.55. The van der Waals surface area contributed by atoms with Gasteiger partial charge >= 0.3 is 19.3 Å². The molecule has 2 N–H and O–H groups in total. The number of hydrogen-bond acceptors (Lipinski definition) is 10. The third-order valence-corrected chi connectivity index (χ3v) is 5.90. The van der Waals surface area contributed by atoms with Crippen LogP contribution in [0.25, 0.3) is 22.8 Å². The first-order valence-corrected chi connectivity index (χ1v) is 13.8. The zero-order chi connectivity index (χ0) is 31.4. The number of hydrogen-bond donors (Lipinski definition) is 2. The zero-order valence-electron chi connectivity index (χ0n) is 24.8. The van der Waals surface area contributed by atoms with Gasteiger partial charge in [0.2, 0.25) is 0 Å². The lowest BCUT2D eigenvalue weighted by Crippen LogP contribution is -2.29. The van der Waals surface area contributed by atoms with Gasteiger partial charge in [-0.3, -0.25) is 0 Å². The van der Waals surface area contributed by atoms with Crippen molar-refractivity contribution in [2.45, 2.75) is 74.0 Å². The van der Waals surface area contributed by atoms with Crippen molar-refractivity contribution in [1.82, 2.24) is 29.5 Å². The second-order valence-corrected chi connectivity index (χ2v) is 12.2. The van der Waals surface area contributed by atoms with Crippen molar-refractivity contribution in [2.24, 2.45) is 0 Å². The number of nitrogens with zero attached hydrogens (tertiary/aromatic N) is 6. The predicted molar refractivity (Wildman–Crippen MR) is 168 cm³/mol. The first-order valence-electron chi connectivity index (χ1n) is 13.0. The van der Waals surface area contributed by atoms with Crippen LogP contribution in [0.1, 0.15) is 60.6 Å². The Morgan fingerprint density at radius 1 is 0.698 bits per heavy atom. The molecule has 0 fully saturated rings. The number of rotatable bonds is 3. The van der Waals surface area contributed by atoms with Gasteiger partial charge in [0.25, 0.3) is 0 Å². The van der Waals surface area contributed by atoms with Crippen LogP contribution in [-0.4, -0.2) is 70.1 Å². The topological polar surface area (TPSA) is 154 Å². The summed E-state index contributed by atoms with van der Waals surface area (Å²) in [5.41, 5.74) is 0.583. The Labute approximate surface area is 260 Å². The van der Waals surface area contributed by atoms with E-state index in [1.807, 2.05) is 45.0 Å². The van der Waals surface area contributed by atoms with E-state index in [4.69, 9.17) is 19.5 Å². The molecule has 0 aliphatic heterocycles. The SMILES string of the molecule is C.Cc1nnc(-c2ccc(B(O)O)cc2)n1C(=O)OC(C)(C)C.Cc1nnc(-c2ccc(Br)cc2)n1C(=O)OC(C)(C)C. The van der Waals surface area contributed by atoms with Crippen LogP contribution in [0.3, 0.4) is 0 Å². The number of ether oxygens (including phenoxy) is 2. The van der Waals surface area contributed by atoms with E-state index in [1.54, 1.807) is 58.9 Å². The Hall–Kier alpha value is -3.88.